The van der Waals surface area contributed by atoms with E-state index in [-0.39, 0.29) is 17.3 Å². The normalized spacial score (nSPS) is 14.5. The molecule has 1 amide bonds. The molecule has 1 saturated heterocycles. The van der Waals surface area contributed by atoms with Crippen LogP contribution in [0.1, 0.15) is 5.76 Å². The number of carbonyl (C=O) groups is 2. The van der Waals surface area contributed by atoms with E-state index in [1.807, 2.05) is 0 Å². The minimum Gasteiger partial charge on any atom is -0.465 e. The highest BCUT2D eigenvalue weighted by Crippen LogP contribution is 2.17. The second-order valence-electron chi connectivity index (χ2n) is 6.11. The second kappa shape index (κ2) is 8.86. The molecule has 1 fully saturated rings. The fourth-order valence-electron chi connectivity index (χ4n) is 2.81. The van der Waals surface area contributed by atoms with Crippen LogP contribution < -0.4 is 4.90 Å². The highest BCUT2D eigenvalue weighted by atomic mass is 19.1. The molecule has 7 nitrogen and oxygen atoms in total. The Hall–Kier alpha value is -3.60. The van der Waals surface area contributed by atoms with Gasteiger partial charge in [0.1, 0.15) is 23.2 Å². The van der Waals surface area contributed by atoms with Gasteiger partial charge in [-0.1, -0.05) is 0 Å². The first kappa shape index (κ1) is 19.2. The molecular weight excluding hydrogens is 365 g/mol. The van der Waals surface area contributed by atoms with E-state index in [2.05, 4.69) is 4.90 Å². The van der Waals surface area contributed by atoms with Crippen molar-refractivity contribution in [1.29, 1.82) is 5.26 Å². The average Bonchev–Trinajstić information content (AvgIpc) is 3.24. The molecule has 3 rings (SSSR count). The maximum absolute atomic E-state index is 13.0. The standard InChI is InChI=1S/C20H18FN3O4/c21-16-3-5-17(6-4-16)23-7-9-24(10-8-23)19(25)14-28-20(26)15(13-22)12-18-2-1-11-27-18/h1-6,11-12H,7-10,14H2/b15-12+. The third kappa shape index (κ3) is 4.76. The lowest BCUT2D eigenvalue weighted by atomic mass is 10.2. The van der Waals surface area contributed by atoms with E-state index in [0.717, 1.165) is 5.69 Å². The largest absolute Gasteiger partial charge is 0.465 e. The summed E-state index contributed by atoms with van der Waals surface area (Å²) < 4.78 is 23.0. The number of amides is 1. The van der Waals surface area contributed by atoms with E-state index in [1.54, 1.807) is 35.2 Å². The Kier molecular flexibility index (Phi) is 6.07. The van der Waals surface area contributed by atoms with Gasteiger partial charge in [-0.3, -0.25) is 4.79 Å². The fraction of sp³-hybridized carbons (Fsp3) is 0.250. The van der Waals surface area contributed by atoms with Crippen LogP contribution in [0.2, 0.25) is 0 Å². The molecule has 8 heteroatoms. The van der Waals surface area contributed by atoms with Gasteiger partial charge in [0.15, 0.2) is 6.61 Å². The van der Waals surface area contributed by atoms with Crippen LogP contribution in [0.15, 0.2) is 52.7 Å². The minimum absolute atomic E-state index is 0.246. The number of nitriles is 1. The van der Waals surface area contributed by atoms with Gasteiger partial charge in [0.2, 0.25) is 0 Å². The van der Waals surface area contributed by atoms with Crippen molar-refractivity contribution in [3.05, 3.63) is 59.8 Å². The molecule has 0 aliphatic carbocycles. The van der Waals surface area contributed by atoms with Crippen molar-refractivity contribution in [2.45, 2.75) is 0 Å². The summed E-state index contributed by atoms with van der Waals surface area (Å²) in [4.78, 5) is 27.9. The average molecular weight is 383 g/mol. The summed E-state index contributed by atoms with van der Waals surface area (Å²) in [6.07, 6.45) is 2.68. The molecule has 28 heavy (non-hydrogen) atoms. The molecule has 1 aliphatic heterocycles. The van der Waals surface area contributed by atoms with Gasteiger partial charge in [0, 0.05) is 37.9 Å². The first-order valence-electron chi connectivity index (χ1n) is 8.67. The highest BCUT2D eigenvalue weighted by Gasteiger charge is 2.23. The Morgan fingerprint density at radius 1 is 1.18 bits per heavy atom. The third-order valence-electron chi connectivity index (χ3n) is 4.32. The number of anilines is 1. The number of ether oxygens (including phenoxy) is 1. The van der Waals surface area contributed by atoms with Crippen molar-refractivity contribution >= 4 is 23.6 Å². The number of rotatable bonds is 5. The first-order valence-corrected chi connectivity index (χ1v) is 8.67. The van der Waals surface area contributed by atoms with Crippen LogP contribution >= 0.6 is 0 Å². The van der Waals surface area contributed by atoms with Gasteiger partial charge in [-0.15, -0.1) is 0 Å². The summed E-state index contributed by atoms with van der Waals surface area (Å²) >= 11 is 0. The number of hydrogen-bond acceptors (Lipinski definition) is 6. The summed E-state index contributed by atoms with van der Waals surface area (Å²) in [6.45, 7) is 1.66. The fourth-order valence-corrected chi connectivity index (χ4v) is 2.81. The van der Waals surface area contributed by atoms with Crippen LogP contribution in [0, 0.1) is 17.1 Å². The number of hydrogen-bond donors (Lipinski definition) is 0. The van der Waals surface area contributed by atoms with E-state index in [1.165, 1.54) is 24.5 Å². The van der Waals surface area contributed by atoms with Gasteiger partial charge < -0.3 is 19.0 Å². The topological polar surface area (TPSA) is 86.8 Å². The molecule has 2 heterocycles. The van der Waals surface area contributed by atoms with Crippen molar-refractivity contribution in [3.8, 4) is 6.07 Å². The van der Waals surface area contributed by atoms with Crippen LogP contribution in [0.5, 0.6) is 0 Å². The van der Waals surface area contributed by atoms with Crippen molar-refractivity contribution in [1.82, 2.24) is 4.90 Å². The van der Waals surface area contributed by atoms with Gasteiger partial charge in [-0.25, -0.2) is 9.18 Å². The number of furan rings is 1. The van der Waals surface area contributed by atoms with E-state index in [9.17, 15) is 14.0 Å². The van der Waals surface area contributed by atoms with Crippen LogP contribution in [0.4, 0.5) is 10.1 Å². The predicted molar refractivity (Wildman–Crippen MR) is 98.5 cm³/mol. The minimum atomic E-state index is -0.878. The number of piperazine rings is 1. The van der Waals surface area contributed by atoms with E-state index in [0.29, 0.717) is 31.9 Å². The van der Waals surface area contributed by atoms with Crippen molar-refractivity contribution < 1.29 is 23.1 Å². The van der Waals surface area contributed by atoms with Crippen molar-refractivity contribution in [3.63, 3.8) is 0 Å². The summed E-state index contributed by atoms with van der Waals surface area (Å²) in [5, 5.41) is 9.08. The maximum Gasteiger partial charge on any atom is 0.349 e. The molecule has 0 atom stereocenters. The molecule has 1 aromatic heterocycles. The monoisotopic (exact) mass is 383 g/mol. The number of carbonyl (C=O) groups excluding carboxylic acids is 2. The van der Waals surface area contributed by atoms with Crippen molar-refractivity contribution in [2.24, 2.45) is 0 Å². The summed E-state index contributed by atoms with van der Waals surface area (Å²) in [5.74, 6) is -1.16. The van der Waals surface area contributed by atoms with Gasteiger partial charge in [-0.2, -0.15) is 5.26 Å². The van der Waals surface area contributed by atoms with Crippen molar-refractivity contribution in [2.75, 3.05) is 37.7 Å². The SMILES string of the molecule is N#C/C(=C\c1ccco1)C(=O)OCC(=O)N1CCN(c2ccc(F)cc2)CC1. The van der Waals surface area contributed by atoms with E-state index in [4.69, 9.17) is 14.4 Å². The maximum atomic E-state index is 13.0. The number of benzene rings is 1. The third-order valence-corrected chi connectivity index (χ3v) is 4.32. The van der Waals surface area contributed by atoms with Crippen LogP contribution in [-0.2, 0) is 14.3 Å². The van der Waals surface area contributed by atoms with Crippen LogP contribution in [0.3, 0.4) is 0 Å². The molecule has 0 saturated carbocycles. The van der Waals surface area contributed by atoms with Crippen LogP contribution in [-0.4, -0.2) is 49.6 Å². The Balaban J connectivity index is 1.48. The Morgan fingerprint density at radius 2 is 1.89 bits per heavy atom. The number of esters is 1. The van der Waals surface area contributed by atoms with Gasteiger partial charge in [0.05, 0.1) is 6.26 Å². The molecule has 1 aromatic carbocycles. The Morgan fingerprint density at radius 3 is 2.50 bits per heavy atom. The molecular formula is C20H18FN3O4. The molecule has 0 spiro atoms. The molecule has 0 bridgehead atoms. The van der Waals surface area contributed by atoms with E-state index >= 15 is 0 Å². The Bertz CT molecular complexity index is 893. The summed E-state index contributed by atoms with van der Waals surface area (Å²) in [5.41, 5.74) is 0.644. The molecule has 0 unspecified atom stereocenters. The van der Waals surface area contributed by atoms with Gasteiger partial charge >= 0.3 is 5.97 Å². The summed E-state index contributed by atoms with van der Waals surface area (Å²) in [7, 11) is 0. The number of nitrogens with zero attached hydrogens (tertiary/aromatic N) is 3. The zero-order valence-electron chi connectivity index (χ0n) is 15.0. The highest BCUT2D eigenvalue weighted by molar-refractivity contribution is 5.98. The molecule has 1 aliphatic rings. The zero-order chi connectivity index (χ0) is 19.9. The smallest absolute Gasteiger partial charge is 0.349 e. The molecule has 0 radical (unpaired) electrons. The van der Waals surface area contributed by atoms with E-state index < -0.39 is 12.6 Å². The lowest BCUT2D eigenvalue weighted by Gasteiger charge is -2.36. The molecule has 2 aromatic rings. The molecule has 0 N–H and O–H groups in total. The molecule has 144 valence electrons. The van der Waals surface area contributed by atoms with Crippen LogP contribution in [0.25, 0.3) is 6.08 Å². The second-order valence-corrected chi connectivity index (χ2v) is 6.11. The summed E-state index contributed by atoms with van der Waals surface area (Å²) in [6, 6.07) is 11.2. The van der Waals surface area contributed by atoms with Gasteiger partial charge in [0.25, 0.3) is 5.91 Å². The predicted octanol–water partition coefficient (Wildman–Crippen LogP) is 2.22. The lowest BCUT2D eigenvalue weighted by Crippen LogP contribution is -2.49. The van der Waals surface area contributed by atoms with Gasteiger partial charge in [-0.05, 0) is 36.4 Å². The number of halogens is 1. The first-order chi connectivity index (χ1) is 13.6. The quantitative estimate of drug-likeness (QED) is 0.447. The zero-order valence-corrected chi connectivity index (χ0v) is 15.0. The Labute approximate surface area is 161 Å². The lowest BCUT2D eigenvalue weighted by molar-refractivity contribution is -0.148.